The Kier molecular flexibility index (Phi) is 6.54. The van der Waals surface area contributed by atoms with Crippen molar-refractivity contribution in [3.05, 3.63) is 22.2 Å². The van der Waals surface area contributed by atoms with Crippen molar-refractivity contribution in [2.24, 2.45) is 0 Å². The Labute approximate surface area is 174 Å². The van der Waals surface area contributed by atoms with Crippen LogP contribution in [0.25, 0.3) is 0 Å². The summed E-state index contributed by atoms with van der Waals surface area (Å²) >= 11 is 0. The average molecular weight is 533 g/mol. The third kappa shape index (κ3) is 5.30. The molecule has 2 aliphatic rings. The van der Waals surface area contributed by atoms with Gasteiger partial charge in [0.15, 0.2) is 6.23 Å². The zero-order valence-corrected chi connectivity index (χ0v) is 17.7. The van der Waals surface area contributed by atoms with Gasteiger partial charge in [-0.3, -0.25) is 9.09 Å². The highest BCUT2D eigenvalue weighted by atomic mass is 31.3. The van der Waals surface area contributed by atoms with Crippen LogP contribution in [0.2, 0.25) is 0 Å². The Balaban J connectivity index is 1.81. The summed E-state index contributed by atoms with van der Waals surface area (Å²) in [6.07, 6.45) is -12.6. The fraction of sp³-hybridized carbons (Fsp3) is 0.600. The number of halogens is 3. The van der Waals surface area contributed by atoms with E-state index in [1.165, 1.54) is 0 Å². The van der Waals surface area contributed by atoms with Crippen LogP contribution in [0.4, 0.5) is 19.0 Å². The first-order chi connectivity index (χ1) is 14.4. The fourth-order valence-electron chi connectivity index (χ4n) is 2.62. The predicted molar refractivity (Wildman–Crippen MR) is 90.3 cm³/mol. The third-order valence-corrected chi connectivity index (χ3v) is 9.27. The molecule has 16 nitrogen and oxygen atoms in total. The molecule has 1 aromatic rings. The number of hydrogen-bond donors (Lipinski definition) is 5. The summed E-state index contributed by atoms with van der Waals surface area (Å²) in [6, 6.07) is 0. The first-order valence-corrected chi connectivity index (χ1v) is 12.4. The van der Waals surface area contributed by atoms with E-state index < -0.39 is 77.9 Å². The van der Waals surface area contributed by atoms with Gasteiger partial charge < -0.3 is 30.5 Å². The molecule has 3 heterocycles. The molecule has 3 unspecified atom stereocenters. The normalized spacial score (nSPS) is 40.5. The zero-order chi connectivity index (χ0) is 24.3. The van der Waals surface area contributed by atoms with Crippen molar-refractivity contribution in [2.75, 3.05) is 12.3 Å². The molecule has 0 aliphatic carbocycles. The molecule has 0 aromatic carbocycles. The summed E-state index contributed by atoms with van der Waals surface area (Å²) in [5.74, 6) is -1.15. The maximum Gasteiger partial charge on any atom is 0.492 e. The molecule has 6 N–H and O–H groups in total. The molecule has 182 valence electrons. The van der Waals surface area contributed by atoms with Crippen molar-refractivity contribution in [1.82, 2.24) is 9.55 Å². The second kappa shape index (κ2) is 8.23. The molecule has 3 rings (SSSR count). The molecule has 2 fully saturated rings. The van der Waals surface area contributed by atoms with Crippen LogP contribution in [0, 0.1) is 0 Å². The minimum atomic E-state index is -5.36. The maximum atomic E-state index is 13.0. The van der Waals surface area contributed by atoms with Crippen molar-refractivity contribution >= 4 is 29.3 Å². The maximum absolute atomic E-state index is 13.0. The molecule has 1 aromatic heterocycles. The summed E-state index contributed by atoms with van der Waals surface area (Å²) < 4.78 is 95.4. The predicted octanol–water partition coefficient (Wildman–Crippen LogP) is -0.148. The smallest absolute Gasteiger partial charge is 0.387 e. The quantitative estimate of drug-likeness (QED) is 0.316. The summed E-state index contributed by atoms with van der Waals surface area (Å²) in [4.78, 5) is 33.2. The molecule has 0 saturated carbocycles. The molecule has 32 heavy (non-hydrogen) atoms. The van der Waals surface area contributed by atoms with Crippen LogP contribution in [0.1, 0.15) is 11.8 Å². The van der Waals surface area contributed by atoms with Crippen molar-refractivity contribution < 1.29 is 69.1 Å². The minimum Gasteiger partial charge on any atom is -0.387 e. The van der Waals surface area contributed by atoms with E-state index in [0.717, 1.165) is 0 Å². The van der Waals surface area contributed by atoms with Crippen molar-refractivity contribution in [2.45, 2.75) is 30.7 Å². The van der Waals surface area contributed by atoms with Crippen LogP contribution >= 0.6 is 23.5 Å². The first kappa shape index (κ1) is 25.4. The van der Waals surface area contributed by atoms with E-state index in [-0.39, 0.29) is 10.8 Å². The van der Waals surface area contributed by atoms with Gasteiger partial charge in [-0.2, -0.15) is 31.1 Å². The SMILES string of the molecule is Nc1nc(=O)n([C@@H]2O[C@H](COP3(=O)OP(=O)(O)OP(=O)(O)O3)C(O)[C@@H]2O)cc1C(F)(F)F. The van der Waals surface area contributed by atoms with Gasteiger partial charge in [-0.1, -0.05) is 0 Å². The Bertz CT molecular complexity index is 1080. The van der Waals surface area contributed by atoms with Crippen LogP contribution in [0.5, 0.6) is 0 Å². The molecule has 6 atom stereocenters. The van der Waals surface area contributed by atoms with E-state index in [0.29, 0.717) is 0 Å². The number of rotatable bonds is 4. The number of nitrogens with two attached hydrogens (primary N) is 1. The number of aliphatic hydroxyl groups excluding tert-OH is 2. The van der Waals surface area contributed by atoms with Gasteiger partial charge in [0.25, 0.3) is 0 Å². The van der Waals surface area contributed by atoms with Crippen LogP contribution in [0.15, 0.2) is 11.0 Å². The van der Waals surface area contributed by atoms with Gasteiger partial charge in [-0.15, -0.1) is 0 Å². The second-order valence-corrected chi connectivity index (χ2v) is 11.2. The highest BCUT2D eigenvalue weighted by Crippen LogP contribution is 2.80. The van der Waals surface area contributed by atoms with Gasteiger partial charge >= 0.3 is 35.3 Å². The van der Waals surface area contributed by atoms with Crippen LogP contribution in [-0.2, 0) is 42.1 Å². The number of aromatic nitrogens is 2. The summed E-state index contributed by atoms with van der Waals surface area (Å²) in [5, 5.41) is 20.1. The highest BCUT2D eigenvalue weighted by Gasteiger charge is 2.55. The lowest BCUT2D eigenvalue weighted by Gasteiger charge is -2.27. The lowest BCUT2D eigenvalue weighted by Crippen LogP contribution is -2.37. The number of phosphoric acid groups is 3. The number of nitrogens with zero attached hydrogens (tertiary/aromatic N) is 2. The second-order valence-electron chi connectivity index (χ2n) is 6.20. The van der Waals surface area contributed by atoms with Gasteiger partial charge in [0, 0.05) is 6.20 Å². The topological polar surface area (TPSA) is 239 Å². The molecule has 2 saturated heterocycles. The molecule has 2 aliphatic heterocycles. The largest absolute Gasteiger partial charge is 0.492 e. The molecule has 0 radical (unpaired) electrons. The van der Waals surface area contributed by atoms with Gasteiger partial charge in [0.2, 0.25) is 0 Å². The summed E-state index contributed by atoms with van der Waals surface area (Å²) in [6.45, 7) is -1.13. The number of alkyl halides is 3. The van der Waals surface area contributed by atoms with Crippen LogP contribution in [-0.4, -0.2) is 54.5 Å². The van der Waals surface area contributed by atoms with Gasteiger partial charge in [-0.05, 0) is 0 Å². The van der Waals surface area contributed by atoms with Crippen LogP contribution < -0.4 is 11.4 Å². The Hall–Kier alpha value is -1.20. The molecule has 0 bridgehead atoms. The van der Waals surface area contributed by atoms with Gasteiger partial charge in [0.05, 0.1) is 6.61 Å². The monoisotopic (exact) mass is 533 g/mol. The van der Waals surface area contributed by atoms with Crippen molar-refractivity contribution in [1.29, 1.82) is 0 Å². The van der Waals surface area contributed by atoms with Gasteiger partial charge in [0.1, 0.15) is 29.7 Å². The molecule has 0 spiro atoms. The van der Waals surface area contributed by atoms with E-state index in [2.05, 4.69) is 22.4 Å². The number of ether oxygens (including phenoxy) is 1. The van der Waals surface area contributed by atoms with E-state index in [9.17, 15) is 41.9 Å². The molecular weight excluding hydrogens is 520 g/mol. The fourth-order valence-corrected chi connectivity index (χ4v) is 7.55. The molecular formula is C10H13F3N3O13P3. The Morgan fingerprint density at radius 1 is 1.12 bits per heavy atom. The minimum absolute atomic E-state index is 0.181. The van der Waals surface area contributed by atoms with Crippen molar-refractivity contribution in [3.8, 4) is 0 Å². The van der Waals surface area contributed by atoms with E-state index in [1.54, 1.807) is 0 Å². The summed E-state index contributed by atoms with van der Waals surface area (Å²) in [5.41, 5.74) is 2.14. The molecule has 0 amide bonds. The lowest BCUT2D eigenvalue weighted by atomic mass is 10.1. The van der Waals surface area contributed by atoms with Crippen molar-refractivity contribution in [3.63, 3.8) is 0 Å². The number of anilines is 1. The average Bonchev–Trinajstić information content (AvgIpc) is 2.84. The standard InChI is InChI=1S/C10H13F3N3O13P3/c11-10(12,13)3-1-16(9(19)15-7(3)14)8-6(18)5(17)4(26-8)2-25-32(24)28-30(20,21)27-31(22,23)29-32/h1,4-6,8,17-18H,2H2,(H,20,21)(H,22,23)(H2,14,15,19)/t4-,5?,6+,8-/m1/s1. The zero-order valence-electron chi connectivity index (χ0n) is 15.0. The number of aliphatic hydroxyl groups is 2. The van der Waals surface area contributed by atoms with Crippen LogP contribution in [0.3, 0.4) is 0 Å². The summed E-state index contributed by atoms with van der Waals surface area (Å²) in [7, 11) is -16.0. The highest BCUT2D eigenvalue weighted by molar-refractivity contribution is 7.74. The van der Waals surface area contributed by atoms with E-state index in [1.807, 2.05) is 0 Å². The third-order valence-electron chi connectivity index (χ3n) is 3.91. The van der Waals surface area contributed by atoms with E-state index in [4.69, 9.17) is 20.3 Å². The number of nitrogen functional groups attached to an aromatic ring is 1. The van der Waals surface area contributed by atoms with E-state index >= 15 is 0 Å². The molecule has 22 heteroatoms. The van der Waals surface area contributed by atoms with Gasteiger partial charge in [-0.25, -0.2) is 18.5 Å². The first-order valence-electron chi connectivity index (χ1n) is 7.95. The number of hydrogen-bond acceptors (Lipinski definition) is 13. The lowest BCUT2D eigenvalue weighted by molar-refractivity contribution is -0.138. The Morgan fingerprint density at radius 2 is 1.69 bits per heavy atom. The Morgan fingerprint density at radius 3 is 2.22 bits per heavy atom.